The van der Waals surface area contributed by atoms with Crippen LogP contribution in [0.25, 0.3) is 0 Å². The molecule has 0 aliphatic carbocycles. The first kappa shape index (κ1) is 11.0. The van der Waals surface area contributed by atoms with Gasteiger partial charge in [0.15, 0.2) is 5.78 Å². The Hall–Kier alpha value is -1.03. The van der Waals surface area contributed by atoms with E-state index in [4.69, 9.17) is 16.7 Å². The molecule has 0 amide bonds. The van der Waals surface area contributed by atoms with Crippen molar-refractivity contribution in [3.63, 3.8) is 0 Å². The van der Waals surface area contributed by atoms with Gasteiger partial charge in [0.05, 0.1) is 5.88 Å². The van der Waals surface area contributed by atoms with Gasteiger partial charge in [-0.2, -0.15) is 0 Å². The van der Waals surface area contributed by atoms with Crippen LogP contribution in [0.15, 0.2) is 11.8 Å². The summed E-state index contributed by atoms with van der Waals surface area (Å²) in [5.74, 6) is -2.15. The molecule has 0 aromatic rings. The standard InChI is InChI=1S/C7H10ClNO3/c1-9(2)4-5(7(11)12)6(10)3-8/h4H,3H2,1-2H3,(H,11,12). The number of rotatable bonds is 4. The minimum atomic E-state index is -1.26. The molecule has 0 fully saturated rings. The summed E-state index contributed by atoms with van der Waals surface area (Å²) < 4.78 is 0. The highest BCUT2D eigenvalue weighted by atomic mass is 35.5. The summed E-state index contributed by atoms with van der Waals surface area (Å²) in [4.78, 5) is 22.8. The van der Waals surface area contributed by atoms with Gasteiger partial charge in [0.2, 0.25) is 0 Å². The third kappa shape index (κ3) is 3.39. The molecule has 0 aromatic carbocycles. The number of Topliss-reactive ketones (excluding diaryl/α,β-unsaturated/α-hetero) is 1. The summed E-state index contributed by atoms with van der Waals surface area (Å²) in [6.07, 6.45) is 1.23. The molecule has 0 aliphatic rings. The number of carboxylic acid groups (broad SMARTS) is 1. The van der Waals surface area contributed by atoms with Crippen LogP contribution in [0, 0.1) is 0 Å². The highest BCUT2D eigenvalue weighted by Crippen LogP contribution is 1.99. The molecule has 12 heavy (non-hydrogen) atoms. The van der Waals surface area contributed by atoms with Gasteiger partial charge in [-0.15, -0.1) is 11.6 Å². The van der Waals surface area contributed by atoms with Crippen molar-refractivity contribution >= 4 is 23.4 Å². The second-order valence-electron chi connectivity index (χ2n) is 2.37. The summed E-state index contributed by atoms with van der Waals surface area (Å²) in [5, 5.41) is 8.55. The van der Waals surface area contributed by atoms with Gasteiger partial charge < -0.3 is 10.0 Å². The molecule has 0 bridgehead atoms. The molecule has 0 spiro atoms. The van der Waals surface area contributed by atoms with Gasteiger partial charge in [-0.25, -0.2) is 4.79 Å². The van der Waals surface area contributed by atoms with Crippen molar-refractivity contribution in [2.24, 2.45) is 0 Å². The maximum Gasteiger partial charge on any atom is 0.340 e. The van der Waals surface area contributed by atoms with Crippen LogP contribution in [0.5, 0.6) is 0 Å². The molecule has 68 valence electrons. The smallest absolute Gasteiger partial charge is 0.340 e. The number of hydrogen-bond acceptors (Lipinski definition) is 3. The summed E-state index contributed by atoms with van der Waals surface area (Å²) in [5.41, 5.74) is -0.296. The van der Waals surface area contributed by atoms with E-state index in [0.29, 0.717) is 0 Å². The van der Waals surface area contributed by atoms with Crippen LogP contribution in [0.1, 0.15) is 0 Å². The van der Waals surface area contributed by atoms with E-state index in [2.05, 4.69) is 0 Å². The van der Waals surface area contributed by atoms with Crippen molar-refractivity contribution in [1.82, 2.24) is 4.90 Å². The van der Waals surface area contributed by atoms with E-state index in [-0.39, 0.29) is 11.5 Å². The fraction of sp³-hybridized carbons (Fsp3) is 0.429. The first-order chi connectivity index (χ1) is 5.49. The zero-order chi connectivity index (χ0) is 9.72. The number of nitrogens with zero attached hydrogens (tertiary/aromatic N) is 1. The molecule has 4 nitrogen and oxygen atoms in total. The Labute approximate surface area is 75.4 Å². The molecule has 0 aromatic heterocycles. The second kappa shape index (κ2) is 4.77. The van der Waals surface area contributed by atoms with Crippen LogP contribution in [0.2, 0.25) is 0 Å². The highest BCUT2D eigenvalue weighted by molar-refractivity contribution is 6.34. The largest absolute Gasteiger partial charge is 0.478 e. The number of hydrogen-bond donors (Lipinski definition) is 1. The van der Waals surface area contributed by atoms with Crippen LogP contribution < -0.4 is 0 Å². The molecule has 0 saturated heterocycles. The Morgan fingerprint density at radius 2 is 2.00 bits per heavy atom. The molecule has 0 radical (unpaired) electrons. The predicted molar refractivity (Wildman–Crippen MR) is 45.1 cm³/mol. The Morgan fingerprint density at radius 3 is 2.25 bits per heavy atom. The fourth-order valence-corrected chi connectivity index (χ4v) is 0.721. The minimum Gasteiger partial charge on any atom is -0.478 e. The van der Waals surface area contributed by atoms with E-state index in [1.54, 1.807) is 14.1 Å². The van der Waals surface area contributed by atoms with Crippen LogP contribution >= 0.6 is 11.6 Å². The van der Waals surface area contributed by atoms with Crippen LogP contribution in [-0.4, -0.2) is 41.7 Å². The number of carbonyl (C=O) groups excluding carboxylic acids is 1. The van der Waals surface area contributed by atoms with Gasteiger partial charge in [0, 0.05) is 20.3 Å². The van der Waals surface area contributed by atoms with Crippen molar-refractivity contribution in [3.8, 4) is 0 Å². The highest BCUT2D eigenvalue weighted by Gasteiger charge is 2.15. The Morgan fingerprint density at radius 1 is 1.50 bits per heavy atom. The minimum absolute atomic E-state index is 0.296. The topological polar surface area (TPSA) is 57.6 Å². The van der Waals surface area contributed by atoms with Gasteiger partial charge in [-0.05, 0) is 0 Å². The SMILES string of the molecule is CN(C)C=C(C(=O)O)C(=O)CCl. The molecule has 0 atom stereocenters. The maximum atomic E-state index is 10.9. The summed E-state index contributed by atoms with van der Waals surface area (Å²) >= 11 is 5.20. The van der Waals surface area contributed by atoms with Crippen molar-refractivity contribution in [1.29, 1.82) is 0 Å². The second-order valence-corrected chi connectivity index (χ2v) is 2.64. The lowest BCUT2D eigenvalue weighted by Crippen LogP contribution is -2.17. The summed E-state index contributed by atoms with van der Waals surface area (Å²) in [6, 6.07) is 0. The number of carbonyl (C=O) groups is 2. The van der Waals surface area contributed by atoms with Crippen LogP contribution in [0.4, 0.5) is 0 Å². The number of aliphatic carboxylic acids is 1. The molecule has 0 saturated carbocycles. The van der Waals surface area contributed by atoms with Gasteiger partial charge in [0.25, 0.3) is 0 Å². The molecule has 0 aliphatic heterocycles. The van der Waals surface area contributed by atoms with E-state index < -0.39 is 11.8 Å². The molecular weight excluding hydrogens is 182 g/mol. The van der Waals surface area contributed by atoms with Gasteiger partial charge in [0.1, 0.15) is 5.57 Å². The van der Waals surface area contributed by atoms with E-state index in [9.17, 15) is 9.59 Å². The van der Waals surface area contributed by atoms with E-state index in [0.717, 1.165) is 0 Å². The van der Waals surface area contributed by atoms with Gasteiger partial charge in [-0.1, -0.05) is 0 Å². The molecule has 1 N–H and O–H groups in total. The average molecular weight is 192 g/mol. The van der Waals surface area contributed by atoms with Crippen molar-refractivity contribution < 1.29 is 14.7 Å². The molecule has 5 heteroatoms. The number of ketones is 1. The van der Waals surface area contributed by atoms with Gasteiger partial charge in [-0.3, -0.25) is 4.79 Å². The molecular formula is C7H10ClNO3. The summed E-state index contributed by atoms with van der Waals surface area (Å²) in [7, 11) is 3.26. The summed E-state index contributed by atoms with van der Waals surface area (Å²) in [6.45, 7) is 0. The third-order valence-electron chi connectivity index (χ3n) is 1.04. The lowest BCUT2D eigenvalue weighted by atomic mass is 10.2. The van der Waals surface area contributed by atoms with Crippen LogP contribution in [0.3, 0.4) is 0 Å². The van der Waals surface area contributed by atoms with Crippen molar-refractivity contribution in [2.75, 3.05) is 20.0 Å². The zero-order valence-corrected chi connectivity index (χ0v) is 7.63. The first-order valence-corrected chi connectivity index (χ1v) is 3.73. The molecule has 0 unspecified atom stereocenters. The van der Waals surface area contributed by atoms with E-state index in [1.807, 2.05) is 0 Å². The quantitative estimate of drug-likeness (QED) is 0.301. The average Bonchev–Trinajstić information content (AvgIpc) is 1.98. The zero-order valence-electron chi connectivity index (χ0n) is 6.87. The number of carboxylic acids is 1. The fourth-order valence-electron chi connectivity index (χ4n) is 0.577. The number of halogens is 1. The predicted octanol–water partition coefficient (Wildman–Crippen LogP) is 0.324. The number of alkyl halides is 1. The lowest BCUT2D eigenvalue weighted by molar-refractivity contribution is -0.134. The maximum absolute atomic E-state index is 10.9. The van der Waals surface area contributed by atoms with Gasteiger partial charge >= 0.3 is 5.97 Å². The van der Waals surface area contributed by atoms with E-state index in [1.165, 1.54) is 11.1 Å². The monoisotopic (exact) mass is 191 g/mol. The molecule has 0 heterocycles. The van der Waals surface area contributed by atoms with Crippen LogP contribution in [-0.2, 0) is 9.59 Å². The Balaban J connectivity index is 4.67. The molecule has 0 rings (SSSR count). The van der Waals surface area contributed by atoms with Crippen molar-refractivity contribution in [3.05, 3.63) is 11.8 Å². The lowest BCUT2D eigenvalue weighted by Gasteiger charge is -2.06. The normalized spacial score (nSPS) is 11.1. The van der Waals surface area contributed by atoms with Crippen molar-refractivity contribution in [2.45, 2.75) is 0 Å². The Bertz CT molecular complexity index is 223. The van der Waals surface area contributed by atoms with E-state index >= 15 is 0 Å². The Kier molecular flexibility index (Phi) is 4.36. The third-order valence-corrected chi connectivity index (χ3v) is 1.28. The first-order valence-electron chi connectivity index (χ1n) is 3.19.